The van der Waals surface area contributed by atoms with E-state index in [1.165, 1.54) is 12.1 Å². The number of rotatable bonds is 2. The molecule has 3 atom stereocenters. The Morgan fingerprint density at radius 1 is 1.29 bits per heavy atom. The van der Waals surface area contributed by atoms with Crippen molar-refractivity contribution in [1.29, 1.82) is 0 Å². The van der Waals surface area contributed by atoms with Crippen molar-refractivity contribution in [3.8, 4) is 0 Å². The van der Waals surface area contributed by atoms with Crippen molar-refractivity contribution in [2.75, 3.05) is 19.8 Å². The smallest absolute Gasteiger partial charge is 0.393 e. The minimum absolute atomic E-state index is 0.0305. The Balaban J connectivity index is 1.81. The van der Waals surface area contributed by atoms with Gasteiger partial charge in [-0.05, 0) is 37.5 Å². The number of carbonyl (C=O) groups is 1. The van der Waals surface area contributed by atoms with Crippen LogP contribution in [0.3, 0.4) is 0 Å². The van der Waals surface area contributed by atoms with E-state index >= 15 is 0 Å². The zero-order chi connectivity index (χ0) is 17.3. The molecular weight excluding hydrogens is 323 g/mol. The summed E-state index contributed by atoms with van der Waals surface area (Å²) in [5.41, 5.74) is -0.798. The molecule has 24 heavy (non-hydrogen) atoms. The molecule has 0 aliphatic carbocycles. The highest BCUT2D eigenvalue weighted by Gasteiger charge is 2.40. The highest BCUT2D eigenvalue weighted by atomic mass is 19.4. The van der Waals surface area contributed by atoms with Crippen molar-refractivity contribution in [3.05, 3.63) is 35.4 Å². The molecule has 0 bridgehead atoms. The minimum Gasteiger partial charge on any atom is -0.393 e. The van der Waals surface area contributed by atoms with Gasteiger partial charge in [-0.25, -0.2) is 0 Å². The van der Waals surface area contributed by atoms with Crippen LogP contribution in [0, 0.1) is 5.92 Å². The number of halogens is 3. The van der Waals surface area contributed by atoms with Crippen molar-refractivity contribution >= 4 is 5.91 Å². The molecule has 0 unspecified atom stereocenters. The maximum atomic E-state index is 12.9. The lowest BCUT2D eigenvalue weighted by Gasteiger charge is -2.37. The molecule has 2 saturated heterocycles. The molecule has 1 aromatic rings. The number of aliphatic hydroxyl groups is 1. The summed E-state index contributed by atoms with van der Waals surface area (Å²) in [4.78, 5) is 14.3. The lowest BCUT2D eigenvalue weighted by Crippen LogP contribution is -2.48. The number of alkyl halides is 3. The number of benzene rings is 1. The summed E-state index contributed by atoms with van der Waals surface area (Å²) >= 11 is 0. The van der Waals surface area contributed by atoms with Crippen LogP contribution in [0.15, 0.2) is 24.3 Å². The monoisotopic (exact) mass is 343 g/mol. The summed E-state index contributed by atoms with van der Waals surface area (Å²) < 4.78 is 44.0. The first-order valence-corrected chi connectivity index (χ1v) is 8.12. The maximum absolute atomic E-state index is 12.9. The van der Waals surface area contributed by atoms with E-state index in [-0.39, 0.29) is 17.5 Å². The number of hydrogen-bond acceptors (Lipinski definition) is 3. The number of hydrogen-bond donors (Lipinski definition) is 1. The van der Waals surface area contributed by atoms with Gasteiger partial charge in [-0.3, -0.25) is 4.79 Å². The van der Waals surface area contributed by atoms with Gasteiger partial charge in [0.05, 0.1) is 18.3 Å². The summed E-state index contributed by atoms with van der Waals surface area (Å²) in [6.07, 6.45) is -2.99. The summed E-state index contributed by atoms with van der Waals surface area (Å²) in [6.45, 7) is 1.35. The Morgan fingerprint density at radius 2 is 2.08 bits per heavy atom. The van der Waals surface area contributed by atoms with Gasteiger partial charge in [0.25, 0.3) is 5.91 Å². The topological polar surface area (TPSA) is 49.8 Å². The van der Waals surface area contributed by atoms with Crippen molar-refractivity contribution in [2.45, 2.75) is 37.6 Å². The van der Waals surface area contributed by atoms with Crippen LogP contribution in [0.4, 0.5) is 13.2 Å². The molecule has 3 rings (SSSR count). The Hall–Kier alpha value is -1.60. The standard InChI is InChI=1S/C17H20F3NO3/c18-17(19,20)12-4-1-3-11(9-12)16(23)21-7-2-5-14(21)13-10-24-8-6-15(13)22/h1,3-4,9,13-15,22H,2,5-8,10H2/t13-,14+,15+/m0/s1. The molecule has 7 heteroatoms. The molecule has 0 saturated carbocycles. The second-order valence-corrected chi connectivity index (χ2v) is 6.38. The van der Waals surface area contributed by atoms with Gasteiger partial charge in [0.15, 0.2) is 0 Å². The largest absolute Gasteiger partial charge is 0.416 e. The van der Waals surface area contributed by atoms with E-state index in [1.807, 2.05) is 0 Å². The van der Waals surface area contributed by atoms with Crippen LogP contribution in [0.2, 0.25) is 0 Å². The maximum Gasteiger partial charge on any atom is 0.416 e. The van der Waals surface area contributed by atoms with E-state index in [0.29, 0.717) is 26.2 Å². The first-order chi connectivity index (χ1) is 11.4. The molecule has 2 heterocycles. The summed E-state index contributed by atoms with van der Waals surface area (Å²) in [5, 5.41) is 10.2. The molecule has 132 valence electrons. The lowest BCUT2D eigenvalue weighted by atomic mass is 9.89. The van der Waals surface area contributed by atoms with E-state index in [2.05, 4.69) is 0 Å². The van der Waals surface area contributed by atoms with Gasteiger partial charge in [0, 0.05) is 30.7 Å². The van der Waals surface area contributed by atoms with Crippen LogP contribution in [0.1, 0.15) is 35.2 Å². The number of amides is 1. The number of nitrogens with zero attached hydrogens (tertiary/aromatic N) is 1. The summed E-state index contributed by atoms with van der Waals surface area (Å²) in [5.74, 6) is -0.600. The lowest BCUT2D eigenvalue weighted by molar-refractivity contribution is -0.137. The minimum atomic E-state index is -4.48. The average Bonchev–Trinajstić information content (AvgIpc) is 3.03. The second kappa shape index (κ2) is 6.72. The van der Waals surface area contributed by atoms with E-state index in [9.17, 15) is 23.1 Å². The quantitative estimate of drug-likeness (QED) is 0.898. The van der Waals surface area contributed by atoms with Gasteiger partial charge in [0.2, 0.25) is 0 Å². The predicted octanol–water partition coefficient (Wildman–Crippen LogP) is 2.71. The molecule has 2 aliphatic rings. The average molecular weight is 343 g/mol. The number of carbonyl (C=O) groups excluding carboxylic acids is 1. The van der Waals surface area contributed by atoms with Crippen molar-refractivity contribution in [1.82, 2.24) is 4.90 Å². The van der Waals surface area contributed by atoms with Crippen LogP contribution in [-0.2, 0) is 10.9 Å². The molecule has 0 spiro atoms. The van der Waals surface area contributed by atoms with Gasteiger partial charge < -0.3 is 14.7 Å². The molecule has 1 N–H and O–H groups in total. The Kier molecular flexibility index (Phi) is 4.83. The summed E-state index contributed by atoms with van der Waals surface area (Å²) in [6, 6.07) is 4.31. The third-order valence-corrected chi connectivity index (χ3v) is 4.85. The SMILES string of the molecule is O=C(c1cccc(C(F)(F)F)c1)N1CCC[C@@H]1[C@@H]1COCC[C@H]1O. The zero-order valence-corrected chi connectivity index (χ0v) is 13.1. The number of ether oxygens (including phenoxy) is 1. The molecular formula is C17H20F3NO3. The van der Waals surface area contributed by atoms with Crippen LogP contribution in [0.25, 0.3) is 0 Å². The molecule has 1 aromatic carbocycles. The highest BCUT2D eigenvalue weighted by molar-refractivity contribution is 5.94. The zero-order valence-electron chi connectivity index (χ0n) is 13.1. The Bertz CT molecular complexity index is 605. The molecule has 0 radical (unpaired) electrons. The fourth-order valence-corrected chi connectivity index (χ4v) is 3.60. The van der Waals surface area contributed by atoms with Crippen LogP contribution in [0.5, 0.6) is 0 Å². The Morgan fingerprint density at radius 3 is 2.79 bits per heavy atom. The van der Waals surface area contributed by atoms with Crippen molar-refractivity contribution in [2.24, 2.45) is 5.92 Å². The molecule has 2 aliphatic heterocycles. The van der Waals surface area contributed by atoms with Crippen LogP contribution < -0.4 is 0 Å². The Labute approximate surface area is 138 Å². The van der Waals surface area contributed by atoms with Gasteiger partial charge in [-0.15, -0.1) is 0 Å². The predicted molar refractivity (Wildman–Crippen MR) is 80.4 cm³/mol. The summed E-state index contributed by atoms with van der Waals surface area (Å²) in [7, 11) is 0. The molecule has 1 amide bonds. The van der Waals surface area contributed by atoms with E-state index < -0.39 is 23.8 Å². The van der Waals surface area contributed by atoms with E-state index in [0.717, 1.165) is 25.0 Å². The highest BCUT2D eigenvalue weighted by Crippen LogP contribution is 2.33. The van der Waals surface area contributed by atoms with Crippen molar-refractivity contribution in [3.63, 3.8) is 0 Å². The normalized spacial score (nSPS) is 28.2. The van der Waals surface area contributed by atoms with Crippen molar-refractivity contribution < 1.29 is 27.8 Å². The first-order valence-electron chi connectivity index (χ1n) is 8.12. The fourth-order valence-electron chi connectivity index (χ4n) is 3.60. The van der Waals surface area contributed by atoms with Gasteiger partial charge in [-0.2, -0.15) is 13.2 Å². The van der Waals surface area contributed by atoms with Gasteiger partial charge in [0.1, 0.15) is 0 Å². The van der Waals surface area contributed by atoms with Crippen LogP contribution in [-0.4, -0.2) is 47.8 Å². The van der Waals surface area contributed by atoms with Gasteiger partial charge in [-0.1, -0.05) is 6.07 Å². The third-order valence-electron chi connectivity index (χ3n) is 4.85. The van der Waals surface area contributed by atoms with Gasteiger partial charge >= 0.3 is 6.18 Å². The molecule has 2 fully saturated rings. The second-order valence-electron chi connectivity index (χ2n) is 6.38. The fraction of sp³-hybridized carbons (Fsp3) is 0.588. The van der Waals surface area contributed by atoms with E-state index in [4.69, 9.17) is 4.74 Å². The number of aliphatic hydroxyl groups excluding tert-OH is 1. The number of likely N-dealkylation sites (tertiary alicyclic amines) is 1. The third kappa shape index (κ3) is 3.42. The molecule has 0 aromatic heterocycles. The van der Waals surface area contributed by atoms with E-state index in [1.54, 1.807) is 4.90 Å². The van der Waals surface area contributed by atoms with Crippen LogP contribution >= 0.6 is 0 Å². The molecule has 4 nitrogen and oxygen atoms in total. The first kappa shape index (κ1) is 17.2.